The zero-order valence-electron chi connectivity index (χ0n) is 10.0. The summed E-state index contributed by atoms with van der Waals surface area (Å²) in [6.07, 6.45) is 5.75. The summed E-state index contributed by atoms with van der Waals surface area (Å²) in [4.78, 5) is 20.5. The van der Waals surface area contributed by atoms with Gasteiger partial charge in [0, 0.05) is 24.2 Å². The Bertz CT molecular complexity index is 579. The molecule has 0 saturated heterocycles. The second-order valence-electron chi connectivity index (χ2n) is 3.81. The van der Waals surface area contributed by atoms with E-state index in [1.807, 2.05) is 6.26 Å². The van der Waals surface area contributed by atoms with Gasteiger partial charge in [0.05, 0.1) is 0 Å². The summed E-state index contributed by atoms with van der Waals surface area (Å²) in [6, 6.07) is 3.37. The van der Waals surface area contributed by atoms with Crippen molar-refractivity contribution < 1.29 is 0 Å². The Morgan fingerprint density at radius 2 is 2.24 bits per heavy atom. The molecule has 0 amide bonds. The molecule has 0 bridgehead atoms. The fourth-order valence-corrected chi connectivity index (χ4v) is 2.02. The molecule has 0 aliphatic rings. The zero-order valence-corrected chi connectivity index (χ0v) is 10.8. The first-order chi connectivity index (χ1) is 8.26. The lowest BCUT2D eigenvalue weighted by atomic mass is 10.3. The predicted molar refractivity (Wildman–Crippen MR) is 70.5 cm³/mol. The van der Waals surface area contributed by atoms with Gasteiger partial charge in [-0.2, -0.15) is 0 Å². The lowest BCUT2D eigenvalue weighted by molar-refractivity contribution is 0.624. The summed E-state index contributed by atoms with van der Waals surface area (Å²) in [7, 11) is 0. The van der Waals surface area contributed by atoms with Crippen LogP contribution in [-0.2, 0) is 6.54 Å². The number of thioether (sulfide) groups is 1. The van der Waals surface area contributed by atoms with Gasteiger partial charge in [-0.3, -0.25) is 9.36 Å². The minimum absolute atomic E-state index is 0.0108. The third-order valence-electron chi connectivity index (χ3n) is 2.62. The topological polar surface area (TPSA) is 47.8 Å². The molecule has 0 unspecified atom stereocenters. The highest BCUT2D eigenvalue weighted by molar-refractivity contribution is 7.98. The Balaban J connectivity index is 2.60. The largest absolute Gasteiger partial charge is 0.293 e. The number of aryl methyl sites for hydroxylation is 1. The molecule has 0 radical (unpaired) electrons. The first-order valence-electron chi connectivity index (χ1n) is 5.67. The van der Waals surface area contributed by atoms with Crippen molar-refractivity contribution in [2.45, 2.75) is 31.5 Å². The maximum atomic E-state index is 11.8. The van der Waals surface area contributed by atoms with Gasteiger partial charge in [-0.15, -0.1) is 0 Å². The summed E-state index contributed by atoms with van der Waals surface area (Å²) >= 11 is 1.48. The van der Waals surface area contributed by atoms with Crippen LogP contribution in [0.2, 0.25) is 0 Å². The molecule has 5 heteroatoms. The molecule has 0 N–H and O–H groups in total. The van der Waals surface area contributed by atoms with Crippen LogP contribution in [0.1, 0.15) is 19.8 Å². The van der Waals surface area contributed by atoms with E-state index in [1.54, 1.807) is 22.9 Å². The molecule has 2 heterocycles. The second-order valence-corrected chi connectivity index (χ2v) is 4.59. The van der Waals surface area contributed by atoms with Gasteiger partial charge in [0.1, 0.15) is 5.65 Å². The number of aromatic nitrogens is 3. The molecule has 0 fully saturated rings. The molecule has 0 aliphatic heterocycles. The normalized spacial score (nSPS) is 10.9. The highest BCUT2D eigenvalue weighted by Gasteiger charge is 2.05. The number of unbranched alkanes of at least 4 members (excludes halogenated alkanes) is 1. The molecule has 2 aromatic rings. The van der Waals surface area contributed by atoms with Crippen molar-refractivity contribution in [3.05, 3.63) is 28.7 Å². The van der Waals surface area contributed by atoms with Crippen LogP contribution in [-0.4, -0.2) is 20.8 Å². The highest BCUT2D eigenvalue weighted by Crippen LogP contribution is 2.14. The molecule has 0 aliphatic carbocycles. The Kier molecular flexibility index (Phi) is 3.78. The van der Waals surface area contributed by atoms with E-state index in [9.17, 15) is 4.79 Å². The minimum Gasteiger partial charge on any atom is -0.293 e. The average Bonchev–Trinajstić information content (AvgIpc) is 2.37. The molecular formula is C12H15N3OS. The van der Waals surface area contributed by atoms with Crippen molar-refractivity contribution in [3.8, 4) is 0 Å². The van der Waals surface area contributed by atoms with E-state index in [2.05, 4.69) is 16.9 Å². The van der Waals surface area contributed by atoms with Gasteiger partial charge in [0.2, 0.25) is 0 Å². The fourth-order valence-electron chi connectivity index (χ4n) is 1.69. The lowest BCUT2D eigenvalue weighted by Gasteiger charge is -2.08. The molecule has 4 nitrogen and oxygen atoms in total. The third-order valence-corrected chi connectivity index (χ3v) is 3.18. The molecule has 90 valence electrons. The van der Waals surface area contributed by atoms with Gasteiger partial charge < -0.3 is 0 Å². The van der Waals surface area contributed by atoms with Crippen LogP contribution >= 0.6 is 11.8 Å². The van der Waals surface area contributed by atoms with E-state index in [1.165, 1.54) is 11.8 Å². The smallest absolute Gasteiger partial charge is 0.252 e. The van der Waals surface area contributed by atoms with Crippen molar-refractivity contribution in [1.82, 2.24) is 14.5 Å². The molecule has 0 atom stereocenters. The van der Waals surface area contributed by atoms with E-state index in [-0.39, 0.29) is 5.56 Å². The number of nitrogens with zero attached hydrogens (tertiary/aromatic N) is 3. The summed E-state index contributed by atoms with van der Waals surface area (Å²) in [6.45, 7) is 2.83. The van der Waals surface area contributed by atoms with Crippen molar-refractivity contribution in [2.24, 2.45) is 0 Å². The van der Waals surface area contributed by atoms with E-state index in [0.717, 1.165) is 30.4 Å². The van der Waals surface area contributed by atoms with Crippen LogP contribution in [0.15, 0.2) is 28.3 Å². The van der Waals surface area contributed by atoms with Gasteiger partial charge in [-0.1, -0.05) is 25.1 Å². The number of pyridine rings is 1. The number of hydrogen-bond acceptors (Lipinski definition) is 4. The van der Waals surface area contributed by atoms with E-state index in [4.69, 9.17) is 0 Å². The van der Waals surface area contributed by atoms with Crippen molar-refractivity contribution >= 4 is 22.8 Å². The quantitative estimate of drug-likeness (QED) is 0.616. The molecule has 0 saturated carbocycles. The second kappa shape index (κ2) is 5.31. The summed E-state index contributed by atoms with van der Waals surface area (Å²) in [5.74, 6) is 0. The summed E-state index contributed by atoms with van der Waals surface area (Å²) < 4.78 is 1.74. The van der Waals surface area contributed by atoms with Crippen molar-refractivity contribution in [1.29, 1.82) is 0 Å². The molecule has 2 aromatic heterocycles. The van der Waals surface area contributed by atoms with E-state index in [0.29, 0.717) is 5.16 Å². The van der Waals surface area contributed by atoms with Gasteiger partial charge in [0.25, 0.3) is 5.56 Å². The van der Waals surface area contributed by atoms with Crippen molar-refractivity contribution in [2.75, 3.05) is 6.26 Å². The van der Waals surface area contributed by atoms with Crippen LogP contribution in [0.25, 0.3) is 11.0 Å². The molecule has 17 heavy (non-hydrogen) atoms. The lowest BCUT2D eigenvalue weighted by Crippen LogP contribution is -2.20. The summed E-state index contributed by atoms with van der Waals surface area (Å²) in [5.41, 5.74) is 0.752. The maximum Gasteiger partial charge on any atom is 0.252 e. The predicted octanol–water partition coefficient (Wildman–Crippen LogP) is 2.31. The van der Waals surface area contributed by atoms with Crippen molar-refractivity contribution in [3.63, 3.8) is 0 Å². The highest BCUT2D eigenvalue weighted by atomic mass is 32.2. The van der Waals surface area contributed by atoms with Gasteiger partial charge in [-0.05, 0) is 18.7 Å². The number of fused-ring (bicyclic) bond motifs is 1. The average molecular weight is 249 g/mol. The monoisotopic (exact) mass is 249 g/mol. The van der Waals surface area contributed by atoms with E-state index < -0.39 is 0 Å². The minimum atomic E-state index is 0.0108. The Hall–Kier alpha value is -1.36. The van der Waals surface area contributed by atoms with Crippen LogP contribution in [0.4, 0.5) is 0 Å². The maximum absolute atomic E-state index is 11.8. The fraction of sp³-hybridized carbons (Fsp3) is 0.417. The van der Waals surface area contributed by atoms with E-state index >= 15 is 0 Å². The molecule has 0 spiro atoms. The Morgan fingerprint density at radius 1 is 1.41 bits per heavy atom. The van der Waals surface area contributed by atoms with Crippen LogP contribution in [0, 0.1) is 0 Å². The van der Waals surface area contributed by atoms with Gasteiger partial charge >= 0.3 is 0 Å². The molecular weight excluding hydrogens is 234 g/mol. The van der Waals surface area contributed by atoms with Gasteiger partial charge in [0.15, 0.2) is 5.16 Å². The Morgan fingerprint density at radius 3 is 2.94 bits per heavy atom. The SMILES string of the molecule is CCCCn1c(=O)ccc2cnc(SC)nc21. The third kappa shape index (κ3) is 2.49. The van der Waals surface area contributed by atoms with Crippen LogP contribution < -0.4 is 5.56 Å². The Labute approximate surface area is 104 Å². The standard InChI is InChI=1S/C12H15N3OS/c1-3-4-7-15-10(16)6-5-9-8-13-12(17-2)14-11(9)15/h5-6,8H,3-4,7H2,1-2H3. The number of hydrogen-bond donors (Lipinski definition) is 0. The summed E-state index contributed by atoms with van der Waals surface area (Å²) in [5, 5.41) is 1.62. The molecule has 2 rings (SSSR count). The van der Waals surface area contributed by atoms with Crippen LogP contribution in [0.3, 0.4) is 0 Å². The molecule has 0 aromatic carbocycles. The van der Waals surface area contributed by atoms with Gasteiger partial charge in [-0.25, -0.2) is 9.97 Å². The van der Waals surface area contributed by atoms with Crippen LogP contribution in [0.5, 0.6) is 0 Å². The first kappa shape index (κ1) is 12.1. The first-order valence-corrected chi connectivity index (χ1v) is 6.89. The zero-order chi connectivity index (χ0) is 12.3. The number of rotatable bonds is 4.